The molecule has 4 nitrogen and oxygen atoms in total. The fourth-order valence-corrected chi connectivity index (χ4v) is 5.33. The standard InChI is InChI=1S/C11H14Br2N2O2S/c12-8-3-4-10(13)11(6-8)18(16,17)15-5-1-2-9(15)7-14/h3-4,6,9H,1-2,5,7,14H2. The zero-order valence-electron chi connectivity index (χ0n) is 9.64. The van der Waals surface area contributed by atoms with Gasteiger partial charge in [-0.15, -0.1) is 0 Å². The molecule has 1 atom stereocenters. The highest BCUT2D eigenvalue weighted by molar-refractivity contribution is 9.11. The van der Waals surface area contributed by atoms with Crippen molar-refractivity contribution in [3.05, 3.63) is 27.1 Å². The Bertz CT molecular complexity index is 548. The molecule has 1 aliphatic rings. The van der Waals surface area contributed by atoms with Crippen LogP contribution in [0.2, 0.25) is 0 Å². The first kappa shape index (κ1) is 14.5. The minimum atomic E-state index is -3.48. The zero-order valence-corrected chi connectivity index (χ0v) is 13.6. The topological polar surface area (TPSA) is 63.4 Å². The summed E-state index contributed by atoms with van der Waals surface area (Å²) in [5.41, 5.74) is 5.64. The van der Waals surface area contributed by atoms with E-state index in [1.807, 2.05) is 0 Å². The lowest BCUT2D eigenvalue weighted by Crippen LogP contribution is -2.39. The van der Waals surface area contributed by atoms with Crippen LogP contribution in [0.15, 0.2) is 32.0 Å². The van der Waals surface area contributed by atoms with E-state index in [0.29, 0.717) is 17.6 Å². The maximum Gasteiger partial charge on any atom is 0.244 e. The van der Waals surface area contributed by atoms with Crippen LogP contribution in [0, 0.1) is 0 Å². The van der Waals surface area contributed by atoms with E-state index < -0.39 is 10.0 Å². The van der Waals surface area contributed by atoms with Crippen molar-refractivity contribution in [1.29, 1.82) is 0 Å². The predicted octanol–water partition coefficient (Wildman–Crippen LogP) is 2.32. The molecule has 1 unspecified atom stereocenters. The molecule has 1 saturated heterocycles. The number of nitrogens with zero attached hydrogens (tertiary/aromatic N) is 1. The van der Waals surface area contributed by atoms with Crippen molar-refractivity contribution in [2.75, 3.05) is 13.1 Å². The number of hydrogen-bond acceptors (Lipinski definition) is 3. The van der Waals surface area contributed by atoms with Crippen LogP contribution in [0.25, 0.3) is 0 Å². The van der Waals surface area contributed by atoms with Gasteiger partial charge in [0.05, 0.1) is 4.90 Å². The summed E-state index contributed by atoms with van der Waals surface area (Å²) in [5, 5.41) is 0. The smallest absolute Gasteiger partial charge is 0.244 e. The zero-order chi connectivity index (χ0) is 13.3. The molecule has 0 aromatic heterocycles. The molecular formula is C11H14Br2N2O2S. The Morgan fingerprint density at radius 1 is 1.39 bits per heavy atom. The second-order valence-corrected chi connectivity index (χ2v) is 7.85. The molecule has 1 heterocycles. The molecule has 7 heteroatoms. The fraction of sp³-hybridized carbons (Fsp3) is 0.455. The Morgan fingerprint density at radius 2 is 2.11 bits per heavy atom. The van der Waals surface area contributed by atoms with E-state index in [0.717, 1.165) is 17.3 Å². The second kappa shape index (κ2) is 5.58. The monoisotopic (exact) mass is 396 g/mol. The summed E-state index contributed by atoms with van der Waals surface area (Å²) in [7, 11) is -3.48. The van der Waals surface area contributed by atoms with Gasteiger partial charge in [0.2, 0.25) is 10.0 Å². The normalized spacial score (nSPS) is 21.4. The number of halogens is 2. The van der Waals surface area contributed by atoms with E-state index >= 15 is 0 Å². The third-order valence-electron chi connectivity index (χ3n) is 3.08. The molecule has 1 fully saturated rings. The maximum atomic E-state index is 12.6. The molecule has 0 saturated carbocycles. The largest absolute Gasteiger partial charge is 0.329 e. The Morgan fingerprint density at radius 3 is 2.78 bits per heavy atom. The van der Waals surface area contributed by atoms with Crippen LogP contribution in [-0.4, -0.2) is 31.9 Å². The average molecular weight is 398 g/mol. The second-order valence-electron chi connectivity index (χ2n) is 4.22. The molecular weight excluding hydrogens is 384 g/mol. The molecule has 2 rings (SSSR count). The summed E-state index contributed by atoms with van der Waals surface area (Å²) in [6.45, 7) is 0.911. The summed E-state index contributed by atoms with van der Waals surface area (Å²) in [4.78, 5) is 0.289. The number of nitrogens with two attached hydrogens (primary N) is 1. The summed E-state index contributed by atoms with van der Waals surface area (Å²) >= 11 is 6.60. The third kappa shape index (κ3) is 2.65. The Labute approximate surface area is 124 Å². The van der Waals surface area contributed by atoms with Crippen LogP contribution in [0.3, 0.4) is 0 Å². The first-order valence-electron chi connectivity index (χ1n) is 5.64. The summed E-state index contributed by atoms with van der Waals surface area (Å²) in [6, 6.07) is 5.06. The summed E-state index contributed by atoms with van der Waals surface area (Å²) in [6.07, 6.45) is 1.70. The van der Waals surface area contributed by atoms with Gasteiger partial charge in [-0.2, -0.15) is 4.31 Å². The van der Waals surface area contributed by atoms with Crippen LogP contribution < -0.4 is 5.73 Å². The maximum absolute atomic E-state index is 12.6. The molecule has 0 radical (unpaired) electrons. The Kier molecular flexibility index (Phi) is 4.48. The van der Waals surface area contributed by atoms with Crippen molar-refractivity contribution in [1.82, 2.24) is 4.31 Å². The molecule has 2 N–H and O–H groups in total. The molecule has 1 aliphatic heterocycles. The molecule has 0 bridgehead atoms. The minimum Gasteiger partial charge on any atom is -0.329 e. The average Bonchev–Trinajstić information content (AvgIpc) is 2.81. The lowest BCUT2D eigenvalue weighted by atomic mass is 10.2. The molecule has 1 aromatic carbocycles. The van der Waals surface area contributed by atoms with Crippen molar-refractivity contribution in [2.45, 2.75) is 23.8 Å². The van der Waals surface area contributed by atoms with Gasteiger partial charge in [0.1, 0.15) is 0 Å². The Balaban J connectivity index is 2.45. The van der Waals surface area contributed by atoms with Gasteiger partial charge in [-0.3, -0.25) is 0 Å². The van der Waals surface area contributed by atoms with E-state index in [1.165, 1.54) is 4.31 Å². The van der Waals surface area contributed by atoms with Gasteiger partial charge < -0.3 is 5.73 Å². The number of sulfonamides is 1. The van der Waals surface area contributed by atoms with Crippen LogP contribution in [0.5, 0.6) is 0 Å². The van der Waals surface area contributed by atoms with Crippen molar-refractivity contribution >= 4 is 41.9 Å². The molecule has 0 aliphatic carbocycles. The van der Waals surface area contributed by atoms with E-state index in [2.05, 4.69) is 31.9 Å². The van der Waals surface area contributed by atoms with Crippen LogP contribution in [0.1, 0.15) is 12.8 Å². The van der Waals surface area contributed by atoms with E-state index in [1.54, 1.807) is 18.2 Å². The van der Waals surface area contributed by atoms with Gasteiger partial charge in [0.25, 0.3) is 0 Å². The molecule has 18 heavy (non-hydrogen) atoms. The van der Waals surface area contributed by atoms with Gasteiger partial charge in [0, 0.05) is 28.1 Å². The SMILES string of the molecule is NCC1CCCN1S(=O)(=O)c1cc(Br)ccc1Br. The van der Waals surface area contributed by atoms with Crippen LogP contribution in [-0.2, 0) is 10.0 Å². The quantitative estimate of drug-likeness (QED) is 0.851. The number of rotatable bonds is 3. The number of hydrogen-bond donors (Lipinski definition) is 1. The van der Waals surface area contributed by atoms with Gasteiger partial charge in [-0.25, -0.2) is 8.42 Å². The predicted molar refractivity (Wildman–Crippen MR) is 77.8 cm³/mol. The van der Waals surface area contributed by atoms with Crippen molar-refractivity contribution in [3.63, 3.8) is 0 Å². The van der Waals surface area contributed by atoms with Crippen molar-refractivity contribution in [2.24, 2.45) is 5.73 Å². The van der Waals surface area contributed by atoms with Gasteiger partial charge in [-0.05, 0) is 47.0 Å². The molecule has 0 spiro atoms. The lowest BCUT2D eigenvalue weighted by molar-refractivity contribution is 0.393. The molecule has 0 amide bonds. The first-order chi connectivity index (χ1) is 8.46. The van der Waals surface area contributed by atoms with Crippen LogP contribution in [0.4, 0.5) is 0 Å². The minimum absolute atomic E-state index is 0.0825. The van der Waals surface area contributed by atoms with Crippen molar-refractivity contribution in [3.8, 4) is 0 Å². The van der Waals surface area contributed by atoms with Gasteiger partial charge >= 0.3 is 0 Å². The fourth-order valence-electron chi connectivity index (χ4n) is 2.16. The van der Waals surface area contributed by atoms with E-state index in [4.69, 9.17) is 5.73 Å². The summed E-state index contributed by atoms with van der Waals surface area (Å²) < 4.78 is 28.0. The van der Waals surface area contributed by atoms with Gasteiger partial charge in [0.15, 0.2) is 0 Å². The van der Waals surface area contributed by atoms with Crippen LogP contribution >= 0.6 is 31.9 Å². The highest BCUT2D eigenvalue weighted by atomic mass is 79.9. The third-order valence-corrected chi connectivity index (χ3v) is 6.51. The molecule has 100 valence electrons. The highest BCUT2D eigenvalue weighted by Gasteiger charge is 2.35. The number of benzene rings is 1. The van der Waals surface area contributed by atoms with E-state index in [9.17, 15) is 8.42 Å². The van der Waals surface area contributed by atoms with Crippen molar-refractivity contribution < 1.29 is 8.42 Å². The Hall–Kier alpha value is 0.0500. The molecule has 1 aromatic rings. The summed E-state index contributed by atoms with van der Waals surface area (Å²) in [5.74, 6) is 0. The van der Waals surface area contributed by atoms with E-state index in [-0.39, 0.29) is 10.9 Å². The lowest BCUT2D eigenvalue weighted by Gasteiger charge is -2.23. The first-order valence-corrected chi connectivity index (χ1v) is 8.66. The van der Waals surface area contributed by atoms with Gasteiger partial charge in [-0.1, -0.05) is 15.9 Å². The highest BCUT2D eigenvalue weighted by Crippen LogP contribution is 2.31.